The van der Waals surface area contributed by atoms with Crippen LogP contribution in [0.25, 0.3) is 11.6 Å². The van der Waals surface area contributed by atoms with Crippen molar-refractivity contribution in [3.05, 3.63) is 82.7 Å². The molecule has 0 saturated carbocycles. The van der Waals surface area contributed by atoms with Gasteiger partial charge in [-0.25, -0.2) is 17.7 Å². The van der Waals surface area contributed by atoms with Crippen LogP contribution in [0.3, 0.4) is 0 Å². The van der Waals surface area contributed by atoms with Crippen LogP contribution in [0.4, 0.5) is 0 Å². The van der Waals surface area contributed by atoms with Crippen molar-refractivity contribution in [1.82, 2.24) is 23.7 Å². The zero-order valence-corrected chi connectivity index (χ0v) is 24.9. The van der Waals surface area contributed by atoms with Crippen LogP contribution in [0.15, 0.2) is 55.2 Å². The molecule has 0 radical (unpaired) electrons. The number of piperidine rings is 1. The first-order valence-electron chi connectivity index (χ1n) is 14.4. The Labute approximate surface area is 247 Å². The predicted molar refractivity (Wildman–Crippen MR) is 161 cm³/mol. The molecule has 0 bridgehead atoms. The molecule has 3 aliphatic rings. The van der Waals surface area contributed by atoms with Crippen LogP contribution >= 0.6 is 11.6 Å². The zero-order chi connectivity index (χ0) is 28.6. The summed E-state index contributed by atoms with van der Waals surface area (Å²) in [5.41, 5.74) is 5.38. The van der Waals surface area contributed by atoms with Crippen molar-refractivity contribution in [3.63, 3.8) is 0 Å². The summed E-state index contributed by atoms with van der Waals surface area (Å²) in [6, 6.07) is 10.1. The molecule has 2 aliphatic heterocycles. The number of imidazole rings is 1. The maximum atomic E-state index is 13.3. The van der Waals surface area contributed by atoms with Crippen LogP contribution in [0.2, 0.25) is 5.02 Å². The summed E-state index contributed by atoms with van der Waals surface area (Å²) in [6.45, 7) is 3.48. The molecule has 4 heterocycles. The lowest BCUT2D eigenvalue weighted by molar-refractivity contribution is -0.130. The minimum Gasteiger partial charge on any atom is -0.342 e. The van der Waals surface area contributed by atoms with E-state index in [1.165, 1.54) is 6.26 Å². The Morgan fingerprint density at radius 2 is 1.93 bits per heavy atom. The molecule has 2 fully saturated rings. The van der Waals surface area contributed by atoms with Gasteiger partial charge < -0.3 is 9.47 Å². The molecule has 8 nitrogen and oxygen atoms in total. The highest BCUT2D eigenvalue weighted by Crippen LogP contribution is 2.45. The van der Waals surface area contributed by atoms with Gasteiger partial charge in [-0.05, 0) is 78.0 Å². The Morgan fingerprint density at radius 1 is 1.10 bits per heavy atom. The van der Waals surface area contributed by atoms with Crippen molar-refractivity contribution in [3.8, 4) is 0 Å². The summed E-state index contributed by atoms with van der Waals surface area (Å²) in [6.07, 6.45) is 14.5. The van der Waals surface area contributed by atoms with Gasteiger partial charge in [-0.15, -0.1) is 0 Å². The third kappa shape index (κ3) is 6.12. The fourth-order valence-corrected chi connectivity index (χ4v) is 7.88. The zero-order valence-electron chi connectivity index (χ0n) is 23.3. The van der Waals surface area contributed by atoms with Gasteiger partial charge in [0.15, 0.2) is 0 Å². The summed E-state index contributed by atoms with van der Waals surface area (Å²) in [4.78, 5) is 24.4. The summed E-state index contributed by atoms with van der Waals surface area (Å²) in [5, 5.41) is 0.668. The number of nitrogens with zero attached hydrogens (tertiary/aromatic N) is 5. The van der Waals surface area contributed by atoms with Crippen LogP contribution in [-0.4, -0.2) is 70.5 Å². The second-order valence-corrected chi connectivity index (χ2v) is 14.0. The fraction of sp³-hybridized carbons (Fsp3) is 0.452. The number of carbonyl (C=O) groups excluding carboxylic acids is 1. The van der Waals surface area contributed by atoms with E-state index in [2.05, 4.69) is 27.8 Å². The van der Waals surface area contributed by atoms with Gasteiger partial charge in [0, 0.05) is 68.7 Å². The first-order chi connectivity index (χ1) is 19.8. The molecule has 216 valence electrons. The minimum atomic E-state index is -3.21. The van der Waals surface area contributed by atoms with Crippen molar-refractivity contribution in [2.24, 2.45) is 11.8 Å². The lowest BCUT2D eigenvalue weighted by atomic mass is 9.76. The highest BCUT2D eigenvalue weighted by molar-refractivity contribution is 7.88. The van der Waals surface area contributed by atoms with Crippen LogP contribution in [0, 0.1) is 11.8 Å². The number of hydrogen-bond acceptors (Lipinski definition) is 5. The van der Waals surface area contributed by atoms with Crippen LogP contribution in [0.1, 0.15) is 60.4 Å². The van der Waals surface area contributed by atoms with Gasteiger partial charge in [0.2, 0.25) is 15.9 Å². The number of rotatable bonds is 7. The molecule has 2 aromatic heterocycles. The number of carbonyl (C=O) groups is 1. The maximum absolute atomic E-state index is 13.3. The van der Waals surface area contributed by atoms with Crippen molar-refractivity contribution >= 4 is 39.2 Å². The van der Waals surface area contributed by atoms with Gasteiger partial charge in [-0.1, -0.05) is 29.8 Å². The van der Waals surface area contributed by atoms with E-state index in [0.29, 0.717) is 36.9 Å². The normalized spacial score (nSPS) is 21.7. The monoisotopic (exact) mass is 593 g/mol. The Hall–Kier alpha value is -3.01. The molecule has 3 aromatic rings. The number of halogens is 1. The quantitative estimate of drug-likeness (QED) is 0.388. The summed E-state index contributed by atoms with van der Waals surface area (Å²) in [5.74, 6) is 0.893. The van der Waals surface area contributed by atoms with E-state index in [-0.39, 0.29) is 17.7 Å². The van der Waals surface area contributed by atoms with Crippen LogP contribution in [0.5, 0.6) is 0 Å². The molecule has 0 spiro atoms. The minimum absolute atomic E-state index is 0.0205. The molecule has 10 heteroatoms. The number of pyridine rings is 1. The highest BCUT2D eigenvalue weighted by Gasteiger charge is 2.36. The van der Waals surface area contributed by atoms with Crippen molar-refractivity contribution in [2.45, 2.75) is 44.6 Å². The van der Waals surface area contributed by atoms with Crippen LogP contribution < -0.4 is 0 Å². The molecule has 1 aliphatic carbocycles. The number of likely N-dealkylation sites (tertiary alicyclic amines) is 1. The van der Waals surface area contributed by atoms with Crippen molar-refractivity contribution < 1.29 is 13.2 Å². The number of hydrogen-bond donors (Lipinski definition) is 0. The first kappa shape index (κ1) is 28.1. The molecule has 41 heavy (non-hydrogen) atoms. The Balaban J connectivity index is 1.23. The molecule has 2 atom stereocenters. The molecule has 2 saturated heterocycles. The third-order valence-corrected chi connectivity index (χ3v) is 10.4. The average Bonchev–Trinajstić information content (AvgIpc) is 3.62. The highest BCUT2D eigenvalue weighted by atomic mass is 35.5. The molecule has 1 aromatic carbocycles. The van der Waals surface area contributed by atoms with E-state index in [0.717, 1.165) is 66.9 Å². The largest absolute Gasteiger partial charge is 0.342 e. The van der Waals surface area contributed by atoms with E-state index in [9.17, 15) is 13.2 Å². The molecular formula is C31H36ClN5O3S. The fourth-order valence-electron chi connectivity index (χ4n) is 6.83. The Bertz CT molecular complexity index is 1550. The topological polar surface area (TPSA) is 88.4 Å². The molecule has 1 amide bonds. The lowest BCUT2D eigenvalue weighted by Crippen LogP contribution is -2.39. The smallest absolute Gasteiger partial charge is 0.222 e. The van der Waals surface area contributed by atoms with Gasteiger partial charge in [0.25, 0.3) is 0 Å². The van der Waals surface area contributed by atoms with Gasteiger partial charge in [0.05, 0.1) is 18.3 Å². The lowest BCUT2D eigenvalue weighted by Gasteiger charge is -2.35. The van der Waals surface area contributed by atoms with Gasteiger partial charge in [-0.2, -0.15) is 0 Å². The van der Waals surface area contributed by atoms with Crippen molar-refractivity contribution in [1.29, 1.82) is 0 Å². The maximum Gasteiger partial charge on any atom is 0.222 e. The second kappa shape index (κ2) is 11.7. The third-order valence-electron chi connectivity index (χ3n) is 8.91. The van der Waals surface area contributed by atoms with Crippen molar-refractivity contribution in [2.75, 3.05) is 32.4 Å². The summed E-state index contributed by atoms with van der Waals surface area (Å²) < 4.78 is 28.0. The van der Waals surface area contributed by atoms with Gasteiger partial charge in [0.1, 0.15) is 0 Å². The molecule has 0 N–H and O–H groups in total. The number of fused-ring (bicyclic) bond motifs is 2. The summed E-state index contributed by atoms with van der Waals surface area (Å²) in [7, 11) is -3.21. The van der Waals surface area contributed by atoms with Gasteiger partial charge >= 0.3 is 0 Å². The van der Waals surface area contributed by atoms with E-state index < -0.39 is 10.0 Å². The van der Waals surface area contributed by atoms with E-state index in [4.69, 9.17) is 16.6 Å². The molecule has 2 unspecified atom stereocenters. The van der Waals surface area contributed by atoms with Crippen LogP contribution in [-0.2, 0) is 21.4 Å². The Morgan fingerprint density at radius 3 is 2.68 bits per heavy atom. The number of aromatic nitrogens is 3. The number of allylic oxidation sites excluding steroid dienone is 1. The number of benzene rings is 1. The number of sulfonamides is 1. The predicted octanol–water partition coefficient (Wildman–Crippen LogP) is 4.92. The first-order valence-corrected chi connectivity index (χ1v) is 16.6. The Kier molecular flexibility index (Phi) is 8.03. The second-order valence-electron chi connectivity index (χ2n) is 11.6. The summed E-state index contributed by atoms with van der Waals surface area (Å²) >= 11 is 6.49. The number of amides is 1. The van der Waals surface area contributed by atoms with E-state index in [1.807, 2.05) is 41.8 Å². The van der Waals surface area contributed by atoms with Gasteiger partial charge in [-0.3, -0.25) is 9.78 Å². The molecular weight excluding hydrogens is 558 g/mol. The average molecular weight is 594 g/mol. The standard InChI is InChI=1S/C31H36ClN5O3S/c1-41(39,40)37-14-9-23(10-15-37)30-27-6-5-26(32)18-25(27)17-24(28-3-2-11-34-31(28)30)4-7-29(38)36-13-8-22(20-36)19-35-16-12-33-21-35/h2-3,5-6,11-12,16-18,21-23,30H,4,7-10,13-15,19-20H2,1H3. The van der Waals surface area contributed by atoms with E-state index >= 15 is 0 Å². The molecule has 6 rings (SSSR count). The SMILES string of the molecule is CS(=O)(=O)N1CCC(C2c3ccc(Cl)cc3C=C(CCC(=O)N3CCC(Cn4ccnc4)C3)c3cccnc32)CC1. The van der Waals surface area contributed by atoms with E-state index in [1.54, 1.807) is 10.5 Å².